The van der Waals surface area contributed by atoms with Gasteiger partial charge < -0.3 is 9.47 Å². The summed E-state index contributed by atoms with van der Waals surface area (Å²) in [7, 11) is 0. The molecule has 170 valence electrons. The minimum atomic E-state index is -4.90. The Morgan fingerprint density at radius 3 is 2.62 bits per heavy atom. The second-order valence-electron chi connectivity index (χ2n) is 7.62. The summed E-state index contributed by atoms with van der Waals surface area (Å²) in [6.07, 6.45) is -3.12. The molecule has 6 nitrogen and oxygen atoms in total. The molecular formula is C21H19F5N4O2. The van der Waals surface area contributed by atoms with E-state index in [0.717, 1.165) is 10.6 Å². The summed E-state index contributed by atoms with van der Waals surface area (Å²) >= 11 is 0. The molecular weight excluding hydrogens is 435 g/mol. The normalized spacial score (nSPS) is 16.8. The molecule has 11 heteroatoms. The van der Waals surface area contributed by atoms with Crippen molar-refractivity contribution in [1.82, 2.24) is 19.0 Å². The summed E-state index contributed by atoms with van der Waals surface area (Å²) in [5.74, 6) is -1.87. The number of carbonyl (C=O) groups is 1. The van der Waals surface area contributed by atoms with Gasteiger partial charge in [0.05, 0.1) is 17.5 Å². The fourth-order valence-electron chi connectivity index (χ4n) is 3.89. The number of carbonyl (C=O) groups excluding carboxylic acids is 1. The zero-order valence-corrected chi connectivity index (χ0v) is 17.0. The fourth-order valence-corrected chi connectivity index (χ4v) is 3.89. The molecule has 1 aliphatic heterocycles. The lowest BCUT2D eigenvalue weighted by molar-refractivity contribution is -0.140. The first-order valence-corrected chi connectivity index (χ1v) is 9.97. The standard InChI is InChI=1S/C21H19F5N4O2/c1-2-28-9-14(12-3-4-16(23)15(7-12)21(24,25)26)18-19(28)27-11-30(20(18)32)10-17(31)29-6-5-13(22)8-29/h3-4,7,9,11,13H,2,5-6,8,10H2,1H3. The highest BCUT2D eigenvalue weighted by atomic mass is 19.4. The number of nitrogens with zero attached hydrogens (tertiary/aromatic N) is 4. The highest BCUT2D eigenvalue weighted by Crippen LogP contribution is 2.36. The fraction of sp³-hybridized carbons (Fsp3) is 0.381. The van der Waals surface area contributed by atoms with Gasteiger partial charge in [-0.25, -0.2) is 13.8 Å². The van der Waals surface area contributed by atoms with Gasteiger partial charge in [0.15, 0.2) is 0 Å². The van der Waals surface area contributed by atoms with Crippen molar-refractivity contribution in [3.8, 4) is 11.1 Å². The highest BCUT2D eigenvalue weighted by Gasteiger charge is 2.34. The molecule has 3 heterocycles. The Kier molecular flexibility index (Phi) is 5.51. The van der Waals surface area contributed by atoms with E-state index in [4.69, 9.17) is 0 Å². The van der Waals surface area contributed by atoms with E-state index in [-0.39, 0.29) is 48.2 Å². The van der Waals surface area contributed by atoms with Crippen molar-refractivity contribution in [2.75, 3.05) is 13.1 Å². The molecule has 0 N–H and O–H groups in total. The minimum absolute atomic E-state index is 0.00119. The van der Waals surface area contributed by atoms with E-state index >= 15 is 0 Å². The summed E-state index contributed by atoms with van der Waals surface area (Å²) in [5.41, 5.74) is -1.68. The van der Waals surface area contributed by atoms with Crippen LogP contribution in [0.25, 0.3) is 22.2 Å². The number of aromatic nitrogens is 3. The summed E-state index contributed by atoms with van der Waals surface area (Å²) < 4.78 is 69.4. The van der Waals surface area contributed by atoms with E-state index in [2.05, 4.69) is 4.98 Å². The Hall–Kier alpha value is -3.24. The zero-order valence-electron chi connectivity index (χ0n) is 17.0. The van der Waals surface area contributed by atoms with Gasteiger partial charge in [-0.1, -0.05) is 6.07 Å². The van der Waals surface area contributed by atoms with Crippen molar-refractivity contribution < 1.29 is 26.7 Å². The maximum atomic E-state index is 13.8. The van der Waals surface area contributed by atoms with Gasteiger partial charge >= 0.3 is 6.18 Å². The second-order valence-corrected chi connectivity index (χ2v) is 7.62. The van der Waals surface area contributed by atoms with Crippen molar-refractivity contribution in [1.29, 1.82) is 0 Å². The number of aryl methyl sites for hydroxylation is 1. The Morgan fingerprint density at radius 1 is 1.25 bits per heavy atom. The van der Waals surface area contributed by atoms with Crippen LogP contribution in [0.5, 0.6) is 0 Å². The van der Waals surface area contributed by atoms with Gasteiger partial charge in [-0.15, -0.1) is 0 Å². The largest absolute Gasteiger partial charge is 0.419 e. The van der Waals surface area contributed by atoms with E-state index in [9.17, 15) is 31.5 Å². The predicted octanol–water partition coefficient (Wildman–Crippen LogP) is 3.61. The molecule has 3 aromatic rings. The zero-order chi connectivity index (χ0) is 23.2. The lowest BCUT2D eigenvalue weighted by Crippen LogP contribution is -2.35. The highest BCUT2D eigenvalue weighted by molar-refractivity contribution is 5.93. The first-order chi connectivity index (χ1) is 15.1. The minimum Gasteiger partial charge on any atom is -0.338 e. The van der Waals surface area contributed by atoms with Gasteiger partial charge in [-0.05, 0) is 31.0 Å². The Bertz CT molecular complexity index is 1250. The first kappa shape index (κ1) is 22.0. The van der Waals surface area contributed by atoms with Crippen LogP contribution in [0.4, 0.5) is 22.0 Å². The second kappa shape index (κ2) is 8.03. The van der Waals surface area contributed by atoms with Crippen molar-refractivity contribution in [3.05, 3.63) is 52.5 Å². The number of amides is 1. The van der Waals surface area contributed by atoms with Crippen LogP contribution in [-0.4, -0.2) is 44.2 Å². The van der Waals surface area contributed by atoms with Crippen LogP contribution < -0.4 is 5.56 Å². The third-order valence-electron chi connectivity index (χ3n) is 5.56. The molecule has 2 aromatic heterocycles. The van der Waals surface area contributed by atoms with Crippen molar-refractivity contribution in [3.63, 3.8) is 0 Å². The van der Waals surface area contributed by atoms with Gasteiger partial charge in [-0.3, -0.25) is 14.2 Å². The molecule has 1 atom stereocenters. The number of hydrogen-bond donors (Lipinski definition) is 0. The molecule has 4 rings (SSSR count). The maximum Gasteiger partial charge on any atom is 0.419 e. The SMILES string of the molecule is CCn1cc(-c2ccc(F)c(C(F)(F)F)c2)c2c(=O)n(CC(=O)N3CCC(F)C3)cnc21. The van der Waals surface area contributed by atoms with Gasteiger partial charge in [-0.2, -0.15) is 13.2 Å². The molecule has 1 unspecified atom stereocenters. The Labute approximate surface area is 178 Å². The number of fused-ring (bicyclic) bond motifs is 1. The molecule has 1 fully saturated rings. The molecule has 1 aromatic carbocycles. The molecule has 32 heavy (non-hydrogen) atoms. The van der Waals surface area contributed by atoms with Gasteiger partial charge in [0.1, 0.15) is 30.5 Å². The monoisotopic (exact) mass is 454 g/mol. The smallest absolute Gasteiger partial charge is 0.338 e. The van der Waals surface area contributed by atoms with Crippen molar-refractivity contribution in [2.24, 2.45) is 0 Å². The quantitative estimate of drug-likeness (QED) is 0.566. The Morgan fingerprint density at radius 2 is 2.00 bits per heavy atom. The molecule has 0 saturated carbocycles. The molecule has 0 bridgehead atoms. The number of rotatable bonds is 4. The number of halogens is 5. The van der Waals surface area contributed by atoms with Crippen LogP contribution >= 0.6 is 0 Å². The van der Waals surface area contributed by atoms with Crippen LogP contribution in [0, 0.1) is 5.82 Å². The average molecular weight is 454 g/mol. The van der Waals surface area contributed by atoms with Crippen LogP contribution in [0.2, 0.25) is 0 Å². The lowest BCUT2D eigenvalue weighted by atomic mass is 10.0. The van der Waals surface area contributed by atoms with Gasteiger partial charge in [0, 0.05) is 24.8 Å². The van der Waals surface area contributed by atoms with E-state index in [1.807, 2.05) is 0 Å². The number of benzene rings is 1. The molecule has 1 saturated heterocycles. The van der Waals surface area contributed by atoms with E-state index in [0.29, 0.717) is 18.7 Å². The van der Waals surface area contributed by atoms with Gasteiger partial charge in [0.2, 0.25) is 5.91 Å². The molecule has 0 spiro atoms. The number of alkyl halides is 4. The van der Waals surface area contributed by atoms with E-state index in [1.165, 1.54) is 17.4 Å². The third-order valence-corrected chi connectivity index (χ3v) is 5.56. The summed E-state index contributed by atoms with van der Waals surface area (Å²) in [4.78, 5) is 31.2. The topological polar surface area (TPSA) is 60.1 Å². The Balaban J connectivity index is 1.81. The van der Waals surface area contributed by atoms with Crippen LogP contribution in [-0.2, 0) is 24.1 Å². The number of hydrogen-bond acceptors (Lipinski definition) is 3. The van der Waals surface area contributed by atoms with Crippen molar-refractivity contribution in [2.45, 2.75) is 38.8 Å². The van der Waals surface area contributed by atoms with Crippen molar-refractivity contribution >= 4 is 16.9 Å². The summed E-state index contributed by atoms with van der Waals surface area (Å²) in [6.45, 7) is 1.98. The average Bonchev–Trinajstić information content (AvgIpc) is 3.33. The van der Waals surface area contributed by atoms with E-state index in [1.54, 1.807) is 11.5 Å². The van der Waals surface area contributed by atoms with E-state index < -0.39 is 35.2 Å². The lowest BCUT2D eigenvalue weighted by Gasteiger charge is -2.16. The van der Waals surface area contributed by atoms with Crippen LogP contribution in [0.3, 0.4) is 0 Å². The first-order valence-electron chi connectivity index (χ1n) is 9.97. The van der Waals surface area contributed by atoms with Crippen LogP contribution in [0.1, 0.15) is 18.9 Å². The molecule has 0 radical (unpaired) electrons. The summed E-state index contributed by atoms with van der Waals surface area (Å²) in [6, 6.07) is 2.51. The predicted molar refractivity (Wildman–Crippen MR) is 106 cm³/mol. The molecule has 1 aliphatic rings. The number of likely N-dealkylation sites (tertiary alicyclic amines) is 1. The van der Waals surface area contributed by atoms with Gasteiger partial charge in [0.25, 0.3) is 5.56 Å². The maximum absolute atomic E-state index is 13.8. The molecule has 1 amide bonds. The van der Waals surface area contributed by atoms with Crippen LogP contribution in [0.15, 0.2) is 35.5 Å². The third kappa shape index (κ3) is 3.87. The molecule has 0 aliphatic carbocycles. The summed E-state index contributed by atoms with van der Waals surface area (Å²) in [5, 5.41) is 0.0201.